The summed E-state index contributed by atoms with van der Waals surface area (Å²) in [5.41, 5.74) is -1.77. The third-order valence-corrected chi connectivity index (χ3v) is 2.22. The highest BCUT2D eigenvalue weighted by Crippen LogP contribution is 2.23. The zero-order valence-electron chi connectivity index (χ0n) is 9.57. The Morgan fingerprint density at radius 1 is 1.37 bits per heavy atom. The molecule has 1 amide bonds. The number of alkyl halides is 2. The van der Waals surface area contributed by atoms with Gasteiger partial charge in [-0.2, -0.15) is 0 Å². The van der Waals surface area contributed by atoms with E-state index >= 15 is 0 Å². The van der Waals surface area contributed by atoms with Gasteiger partial charge in [0.15, 0.2) is 11.6 Å². The predicted molar refractivity (Wildman–Crippen MR) is 56.0 cm³/mol. The van der Waals surface area contributed by atoms with E-state index in [4.69, 9.17) is 0 Å². The highest BCUT2D eigenvalue weighted by molar-refractivity contribution is 5.98. The maximum absolute atomic E-state index is 13.0. The predicted octanol–water partition coefficient (Wildman–Crippen LogP) is 2.21. The Hall–Kier alpha value is -2.19. The van der Waals surface area contributed by atoms with Gasteiger partial charge in [-0.1, -0.05) is 0 Å². The number of benzene rings is 1. The number of hydrogen-bond donors (Lipinski definition) is 0. The average Bonchev–Trinajstić information content (AvgIpc) is 2.29. The Labute approximate surface area is 104 Å². The van der Waals surface area contributed by atoms with E-state index in [9.17, 15) is 32.5 Å². The number of rotatable bonds is 4. The van der Waals surface area contributed by atoms with Crippen LogP contribution in [0.2, 0.25) is 0 Å². The molecule has 0 heterocycles. The van der Waals surface area contributed by atoms with Gasteiger partial charge in [0.2, 0.25) is 0 Å². The van der Waals surface area contributed by atoms with Crippen LogP contribution in [0.25, 0.3) is 0 Å². The van der Waals surface area contributed by atoms with E-state index in [1.807, 2.05) is 0 Å². The van der Waals surface area contributed by atoms with Gasteiger partial charge in [-0.3, -0.25) is 14.9 Å². The molecule has 9 heteroatoms. The summed E-state index contributed by atoms with van der Waals surface area (Å²) in [6, 6.07) is 0.552. The fraction of sp³-hybridized carbons (Fsp3) is 0.300. The monoisotopic (exact) mass is 280 g/mol. The van der Waals surface area contributed by atoms with Crippen molar-refractivity contribution in [1.82, 2.24) is 4.90 Å². The van der Waals surface area contributed by atoms with Crippen molar-refractivity contribution in [1.29, 1.82) is 0 Å². The molecule has 0 aliphatic carbocycles. The summed E-state index contributed by atoms with van der Waals surface area (Å²) < 4.78 is 50.1. The summed E-state index contributed by atoms with van der Waals surface area (Å²) in [6.45, 7) is -0.977. The first-order valence-corrected chi connectivity index (χ1v) is 4.91. The van der Waals surface area contributed by atoms with Crippen molar-refractivity contribution in [3.63, 3.8) is 0 Å². The molecule has 0 aliphatic rings. The minimum atomic E-state index is -2.85. The van der Waals surface area contributed by atoms with Crippen molar-refractivity contribution in [2.45, 2.75) is 6.43 Å². The van der Waals surface area contributed by atoms with E-state index in [0.717, 1.165) is 7.05 Å². The molecule has 0 radical (unpaired) electrons. The number of nitrogens with zero attached hydrogens (tertiary/aromatic N) is 2. The maximum Gasteiger partial charge on any atom is 0.285 e. The van der Waals surface area contributed by atoms with Gasteiger partial charge in [0.05, 0.1) is 17.5 Å². The second-order valence-corrected chi connectivity index (χ2v) is 3.62. The lowest BCUT2D eigenvalue weighted by atomic mass is 10.1. The second-order valence-electron chi connectivity index (χ2n) is 3.62. The summed E-state index contributed by atoms with van der Waals surface area (Å²) in [7, 11) is 0.972. The third kappa shape index (κ3) is 3.39. The summed E-state index contributed by atoms with van der Waals surface area (Å²) in [5.74, 6) is -4.16. The van der Waals surface area contributed by atoms with E-state index in [1.165, 1.54) is 0 Å². The highest BCUT2D eigenvalue weighted by atomic mass is 19.3. The molecular weight excluding hydrogens is 272 g/mol. The van der Waals surface area contributed by atoms with E-state index < -0.39 is 46.7 Å². The lowest BCUT2D eigenvalue weighted by molar-refractivity contribution is -0.385. The van der Waals surface area contributed by atoms with Crippen molar-refractivity contribution in [2.75, 3.05) is 13.6 Å². The van der Waals surface area contributed by atoms with Gasteiger partial charge in [-0.05, 0) is 6.07 Å². The molecule has 0 N–H and O–H groups in total. The van der Waals surface area contributed by atoms with Crippen LogP contribution in [0.15, 0.2) is 12.1 Å². The first-order chi connectivity index (χ1) is 8.73. The minimum Gasteiger partial charge on any atom is -0.336 e. The van der Waals surface area contributed by atoms with Crippen LogP contribution in [-0.4, -0.2) is 35.7 Å². The first kappa shape index (κ1) is 14.9. The molecule has 0 saturated heterocycles. The van der Waals surface area contributed by atoms with E-state index in [-0.39, 0.29) is 6.07 Å². The Balaban J connectivity index is 3.21. The van der Waals surface area contributed by atoms with E-state index in [0.29, 0.717) is 11.0 Å². The Morgan fingerprint density at radius 2 is 1.89 bits per heavy atom. The molecule has 0 aromatic heterocycles. The number of carbonyl (C=O) groups is 1. The van der Waals surface area contributed by atoms with E-state index in [1.54, 1.807) is 0 Å². The molecule has 0 spiro atoms. The molecule has 1 aromatic rings. The van der Waals surface area contributed by atoms with Gasteiger partial charge >= 0.3 is 0 Å². The Morgan fingerprint density at radius 3 is 2.37 bits per heavy atom. The highest BCUT2D eigenvalue weighted by Gasteiger charge is 2.27. The van der Waals surface area contributed by atoms with Crippen LogP contribution in [0.3, 0.4) is 0 Å². The molecule has 104 valence electrons. The Kier molecular flexibility index (Phi) is 4.41. The molecule has 5 nitrogen and oxygen atoms in total. The van der Waals surface area contributed by atoms with Crippen LogP contribution < -0.4 is 0 Å². The Bertz CT molecular complexity index is 522. The quantitative estimate of drug-likeness (QED) is 0.482. The molecule has 1 rings (SSSR count). The standard InChI is InChI=1S/C10H8F4N2O3/c1-15(4-9(13)14)10(17)5-2-6(11)7(12)3-8(5)16(18)19/h2-3,9H,4H2,1H3. The van der Waals surface area contributed by atoms with Gasteiger partial charge in [0.25, 0.3) is 18.0 Å². The fourth-order valence-electron chi connectivity index (χ4n) is 1.35. The van der Waals surface area contributed by atoms with Crippen LogP contribution in [0.1, 0.15) is 10.4 Å². The minimum absolute atomic E-state index is 0.235. The number of halogens is 4. The summed E-state index contributed by atoms with van der Waals surface area (Å²) in [5, 5.41) is 10.6. The van der Waals surface area contributed by atoms with Crippen LogP contribution in [0.4, 0.5) is 23.2 Å². The molecule has 0 atom stereocenters. The SMILES string of the molecule is CN(CC(F)F)C(=O)c1cc(F)c(F)cc1[N+](=O)[O-]. The van der Waals surface area contributed by atoms with Crippen molar-refractivity contribution in [3.8, 4) is 0 Å². The van der Waals surface area contributed by atoms with Gasteiger partial charge < -0.3 is 4.90 Å². The van der Waals surface area contributed by atoms with Crippen LogP contribution in [-0.2, 0) is 0 Å². The zero-order valence-corrected chi connectivity index (χ0v) is 9.57. The van der Waals surface area contributed by atoms with Crippen molar-refractivity contribution in [3.05, 3.63) is 39.4 Å². The third-order valence-electron chi connectivity index (χ3n) is 2.22. The average molecular weight is 280 g/mol. The normalized spacial score (nSPS) is 10.6. The number of nitro groups is 1. The number of amides is 1. The number of nitro benzene ring substituents is 1. The van der Waals surface area contributed by atoms with Gasteiger partial charge in [0.1, 0.15) is 5.56 Å². The van der Waals surface area contributed by atoms with Crippen molar-refractivity contribution in [2.24, 2.45) is 0 Å². The fourth-order valence-corrected chi connectivity index (χ4v) is 1.35. The zero-order chi connectivity index (χ0) is 14.7. The van der Waals surface area contributed by atoms with Gasteiger partial charge in [0, 0.05) is 7.05 Å². The molecule has 19 heavy (non-hydrogen) atoms. The lowest BCUT2D eigenvalue weighted by Gasteiger charge is -2.16. The van der Waals surface area contributed by atoms with E-state index in [2.05, 4.69) is 0 Å². The molecule has 0 unspecified atom stereocenters. The number of carbonyl (C=O) groups excluding carboxylic acids is 1. The molecular formula is C10H8F4N2O3. The first-order valence-electron chi connectivity index (χ1n) is 4.91. The summed E-state index contributed by atoms with van der Waals surface area (Å²) in [4.78, 5) is 21.7. The topological polar surface area (TPSA) is 63.5 Å². The van der Waals surface area contributed by atoms with Gasteiger partial charge in [-0.15, -0.1) is 0 Å². The molecule has 0 aliphatic heterocycles. The van der Waals surface area contributed by atoms with Crippen LogP contribution in [0, 0.1) is 21.7 Å². The van der Waals surface area contributed by atoms with Crippen LogP contribution in [0.5, 0.6) is 0 Å². The lowest BCUT2D eigenvalue weighted by Crippen LogP contribution is -2.31. The maximum atomic E-state index is 13.0. The molecule has 0 fully saturated rings. The largest absolute Gasteiger partial charge is 0.336 e. The summed E-state index contributed by atoms with van der Waals surface area (Å²) in [6.07, 6.45) is -2.85. The van der Waals surface area contributed by atoms with Crippen molar-refractivity contribution >= 4 is 11.6 Å². The molecule has 1 aromatic carbocycles. The van der Waals surface area contributed by atoms with Crippen LogP contribution >= 0.6 is 0 Å². The molecule has 0 bridgehead atoms. The number of hydrogen-bond acceptors (Lipinski definition) is 3. The smallest absolute Gasteiger partial charge is 0.285 e. The summed E-state index contributed by atoms with van der Waals surface area (Å²) >= 11 is 0. The van der Waals surface area contributed by atoms with Crippen molar-refractivity contribution < 1.29 is 27.3 Å². The second kappa shape index (κ2) is 5.63. The molecule has 0 saturated carbocycles. The van der Waals surface area contributed by atoms with Gasteiger partial charge in [-0.25, -0.2) is 17.6 Å².